The molecule has 7 nitrogen and oxygen atoms in total. The summed E-state index contributed by atoms with van der Waals surface area (Å²) in [6.45, 7) is 0. The molecule has 0 aromatic heterocycles. The molecule has 0 aliphatic rings. The lowest BCUT2D eigenvalue weighted by Crippen LogP contribution is -2.45. The molecule has 0 bridgehead atoms. The summed E-state index contributed by atoms with van der Waals surface area (Å²) >= 11 is 0. The van der Waals surface area contributed by atoms with Crippen molar-refractivity contribution in [3.05, 3.63) is 75.6 Å². The molecule has 0 unspecified atom stereocenters. The molecule has 8 heteroatoms. The van der Waals surface area contributed by atoms with Crippen molar-refractivity contribution in [1.82, 2.24) is 5.32 Å². The Balaban J connectivity index is 2.19. The minimum Gasteiger partial charge on any atom is -0.368 e. The minimum absolute atomic E-state index is 0.126. The Kier molecular flexibility index (Phi) is 5.20. The van der Waals surface area contributed by atoms with Gasteiger partial charge in [0.05, 0.1) is 4.92 Å². The van der Waals surface area contributed by atoms with Crippen LogP contribution in [0.2, 0.25) is 0 Å². The number of carbonyl (C=O) groups is 2. The number of nitrogens with one attached hydrogen (secondary N) is 1. The number of halogens is 1. The molecule has 0 radical (unpaired) electrons. The summed E-state index contributed by atoms with van der Waals surface area (Å²) < 4.78 is 12.9. The van der Waals surface area contributed by atoms with Crippen LogP contribution in [0, 0.1) is 15.9 Å². The van der Waals surface area contributed by atoms with E-state index >= 15 is 0 Å². The molecule has 0 aliphatic heterocycles. The van der Waals surface area contributed by atoms with Crippen LogP contribution >= 0.6 is 0 Å². The number of nitro groups is 1. The third-order valence-corrected chi connectivity index (χ3v) is 3.37. The third kappa shape index (κ3) is 4.13. The Morgan fingerprint density at radius 3 is 2.38 bits per heavy atom. The number of hydrogen-bond donors (Lipinski definition) is 2. The van der Waals surface area contributed by atoms with E-state index in [0.29, 0.717) is 0 Å². The lowest BCUT2D eigenvalue weighted by Gasteiger charge is -2.15. The van der Waals surface area contributed by atoms with E-state index in [4.69, 9.17) is 5.73 Å². The quantitative estimate of drug-likeness (QED) is 0.617. The highest BCUT2D eigenvalue weighted by atomic mass is 19.1. The Morgan fingerprint density at radius 2 is 1.79 bits per heavy atom. The standard InChI is InChI=1S/C16H14FN3O4/c17-12-7-5-10(6-8-12)16(22)19-13(15(18)21)9-11-3-1-2-4-14(11)20(23)24/h1-8,13H,9H2,(H2,18,21)(H,19,22)/t13-/m1/s1. The smallest absolute Gasteiger partial charge is 0.272 e. The maximum absolute atomic E-state index is 12.9. The van der Waals surface area contributed by atoms with Crippen LogP contribution in [0.15, 0.2) is 48.5 Å². The number of nitro benzene ring substituents is 1. The van der Waals surface area contributed by atoms with E-state index in [0.717, 1.165) is 12.1 Å². The fourth-order valence-corrected chi connectivity index (χ4v) is 2.15. The predicted molar refractivity (Wildman–Crippen MR) is 83.6 cm³/mol. The highest BCUT2D eigenvalue weighted by Crippen LogP contribution is 2.19. The predicted octanol–water partition coefficient (Wildman–Crippen LogP) is 1.56. The van der Waals surface area contributed by atoms with Crippen LogP contribution in [0.1, 0.15) is 15.9 Å². The van der Waals surface area contributed by atoms with E-state index in [2.05, 4.69) is 5.32 Å². The zero-order valence-electron chi connectivity index (χ0n) is 12.4. The van der Waals surface area contributed by atoms with E-state index in [1.807, 2.05) is 0 Å². The van der Waals surface area contributed by atoms with Crippen molar-refractivity contribution in [1.29, 1.82) is 0 Å². The van der Waals surface area contributed by atoms with Gasteiger partial charge in [0, 0.05) is 23.6 Å². The average Bonchev–Trinajstić information content (AvgIpc) is 2.55. The number of amides is 2. The molecule has 2 rings (SSSR count). The second kappa shape index (κ2) is 7.32. The Bertz CT molecular complexity index is 777. The first-order valence-electron chi connectivity index (χ1n) is 6.96. The van der Waals surface area contributed by atoms with E-state index in [1.165, 1.54) is 30.3 Å². The van der Waals surface area contributed by atoms with Crippen molar-refractivity contribution in [2.45, 2.75) is 12.5 Å². The van der Waals surface area contributed by atoms with Gasteiger partial charge in [-0.15, -0.1) is 0 Å². The molecule has 24 heavy (non-hydrogen) atoms. The maximum atomic E-state index is 12.9. The number of nitrogens with zero attached hydrogens (tertiary/aromatic N) is 1. The molecule has 0 saturated carbocycles. The molecule has 2 amide bonds. The van der Waals surface area contributed by atoms with Crippen LogP contribution < -0.4 is 11.1 Å². The summed E-state index contributed by atoms with van der Waals surface area (Å²) in [5.74, 6) is -1.96. The molecule has 2 aromatic rings. The van der Waals surface area contributed by atoms with Gasteiger partial charge < -0.3 is 11.1 Å². The van der Waals surface area contributed by atoms with Crippen molar-refractivity contribution in [2.24, 2.45) is 5.73 Å². The average molecular weight is 331 g/mol. The van der Waals surface area contributed by atoms with Crippen molar-refractivity contribution in [3.63, 3.8) is 0 Å². The molecular formula is C16H14FN3O4. The Labute approximate surface area is 136 Å². The molecule has 3 N–H and O–H groups in total. The lowest BCUT2D eigenvalue weighted by molar-refractivity contribution is -0.385. The monoisotopic (exact) mass is 331 g/mol. The SMILES string of the molecule is NC(=O)[C@@H](Cc1ccccc1[N+](=O)[O-])NC(=O)c1ccc(F)cc1. The number of carbonyl (C=O) groups excluding carboxylic acids is 2. The van der Waals surface area contributed by atoms with Crippen molar-refractivity contribution < 1.29 is 18.9 Å². The highest BCUT2D eigenvalue weighted by Gasteiger charge is 2.23. The topological polar surface area (TPSA) is 115 Å². The third-order valence-electron chi connectivity index (χ3n) is 3.37. The van der Waals surface area contributed by atoms with Gasteiger partial charge in [0.15, 0.2) is 0 Å². The summed E-state index contributed by atoms with van der Waals surface area (Å²) in [6.07, 6.45) is -0.126. The van der Waals surface area contributed by atoms with Crippen LogP contribution in [-0.4, -0.2) is 22.8 Å². The molecule has 1 atom stereocenters. The molecule has 0 fully saturated rings. The molecular weight excluding hydrogens is 317 g/mol. The van der Waals surface area contributed by atoms with E-state index < -0.39 is 28.6 Å². The zero-order valence-corrected chi connectivity index (χ0v) is 12.4. The lowest BCUT2D eigenvalue weighted by atomic mass is 10.0. The minimum atomic E-state index is -1.14. The zero-order chi connectivity index (χ0) is 17.7. The van der Waals surface area contributed by atoms with Crippen LogP contribution in [0.4, 0.5) is 10.1 Å². The van der Waals surface area contributed by atoms with Crippen molar-refractivity contribution in [2.75, 3.05) is 0 Å². The normalized spacial score (nSPS) is 11.5. The van der Waals surface area contributed by atoms with Gasteiger partial charge >= 0.3 is 0 Å². The molecule has 124 valence electrons. The first kappa shape index (κ1) is 17.1. The van der Waals surface area contributed by atoms with Gasteiger partial charge in [-0.25, -0.2) is 4.39 Å². The van der Waals surface area contributed by atoms with Gasteiger partial charge in [0.1, 0.15) is 11.9 Å². The first-order valence-corrected chi connectivity index (χ1v) is 6.96. The van der Waals surface area contributed by atoms with E-state index in [9.17, 15) is 24.1 Å². The number of nitrogens with two attached hydrogens (primary N) is 1. The van der Waals surface area contributed by atoms with Gasteiger partial charge in [-0.05, 0) is 24.3 Å². The number of hydrogen-bond acceptors (Lipinski definition) is 4. The molecule has 0 heterocycles. The number of rotatable bonds is 6. The van der Waals surface area contributed by atoms with Crippen LogP contribution in [0.5, 0.6) is 0 Å². The maximum Gasteiger partial charge on any atom is 0.272 e. The summed E-state index contributed by atoms with van der Waals surface area (Å²) in [5, 5.41) is 13.4. The van der Waals surface area contributed by atoms with Crippen molar-refractivity contribution in [3.8, 4) is 0 Å². The fourth-order valence-electron chi connectivity index (χ4n) is 2.15. The first-order chi connectivity index (χ1) is 11.4. The summed E-state index contributed by atoms with van der Waals surface area (Å²) in [5.41, 5.74) is 5.52. The molecule has 0 spiro atoms. The Morgan fingerprint density at radius 1 is 1.17 bits per heavy atom. The fraction of sp³-hybridized carbons (Fsp3) is 0.125. The van der Waals surface area contributed by atoms with Gasteiger partial charge in [-0.2, -0.15) is 0 Å². The van der Waals surface area contributed by atoms with E-state index in [1.54, 1.807) is 6.07 Å². The largest absolute Gasteiger partial charge is 0.368 e. The second-order valence-corrected chi connectivity index (χ2v) is 5.03. The van der Waals surface area contributed by atoms with Crippen LogP contribution in [0.25, 0.3) is 0 Å². The number of para-hydroxylation sites is 1. The van der Waals surface area contributed by atoms with Gasteiger partial charge in [0.2, 0.25) is 5.91 Å². The molecule has 0 saturated heterocycles. The van der Waals surface area contributed by atoms with E-state index in [-0.39, 0.29) is 23.2 Å². The molecule has 2 aromatic carbocycles. The second-order valence-electron chi connectivity index (χ2n) is 5.03. The molecule has 0 aliphatic carbocycles. The summed E-state index contributed by atoms with van der Waals surface area (Å²) in [4.78, 5) is 34.1. The van der Waals surface area contributed by atoms with Crippen LogP contribution in [0.3, 0.4) is 0 Å². The highest BCUT2D eigenvalue weighted by molar-refractivity contribution is 5.97. The summed E-state index contributed by atoms with van der Waals surface area (Å²) in [6, 6.07) is 9.46. The number of benzene rings is 2. The van der Waals surface area contributed by atoms with Gasteiger partial charge in [-0.3, -0.25) is 19.7 Å². The number of primary amides is 1. The van der Waals surface area contributed by atoms with Crippen molar-refractivity contribution >= 4 is 17.5 Å². The van der Waals surface area contributed by atoms with Crippen LogP contribution in [-0.2, 0) is 11.2 Å². The Hall–Kier alpha value is -3.29. The van der Waals surface area contributed by atoms with Gasteiger partial charge in [0.25, 0.3) is 11.6 Å². The summed E-state index contributed by atoms with van der Waals surface area (Å²) in [7, 11) is 0. The van der Waals surface area contributed by atoms with Gasteiger partial charge in [-0.1, -0.05) is 18.2 Å².